The van der Waals surface area contributed by atoms with Crippen molar-refractivity contribution in [2.24, 2.45) is 5.29 Å². The van der Waals surface area contributed by atoms with Crippen LogP contribution in [-0.4, -0.2) is 16.0 Å². The quantitative estimate of drug-likeness (QED) is 0.509. The summed E-state index contributed by atoms with van der Waals surface area (Å²) in [6.45, 7) is 0. The number of nitro groups is 1. The molecule has 0 aliphatic heterocycles. The summed E-state index contributed by atoms with van der Waals surface area (Å²) >= 11 is 5.71. The Morgan fingerprint density at radius 2 is 1.91 bits per heavy atom. The average molecular weight is 322 g/mol. The highest BCUT2D eigenvalue weighted by Crippen LogP contribution is 2.37. The lowest BCUT2D eigenvalue weighted by Gasteiger charge is -2.17. The normalized spacial score (nSPS) is 10.0. The van der Waals surface area contributed by atoms with Crippen LogP contribution in [0.4, 0.5) is 17.1 Å². The molecule has 0 aliphatic carbocycles. The second-order valence-corrected chi connectivity index (χ2v) is 4.54. The van der Waals surface area contributed by atoms with E-state index in [1.807, 2.05) is 0 Å². The molecule has 8 nitrogen and oxygen atoms in total. The Morgan fingerprint density at radius 1 is 1.23 bits per heavy atom. The summed E-state index contributed by atoms with van der Waals surface area (Å²) in [7, 11) is 0. The zero-order valence-corrected chi connectivity index (χ0v) is 11.6. The Labute approximate surface area is 128 Å². The number of hydrogen-bond acceptors (Lipinski definition) is 5. The van der Waals surface area contributed by atoms with E-state index in [-0.39, 0.29) is 22.0 Å². The van der Waals surface area contributed by atoms with E-state index in [1.165, 1.54) is 36.4 Å². The number of halogens is 1. The fourth-order valence-corrected chi connectivity index (χ4v) is 2.05. The van der Waals surface area contributed by atoms with Gasteiger partial charge in [-0.2, -0.15) is 5.01 Å². The molecule has 0 amide bonds. The zero-order valence-electron chi connectivity index (χ0n) is 10.8. The van der Waals surface area contributed by atoms with Crippen molar-refractivity contribution in [3.8, 4) is 0 Å². The molecule has 112 valence electrons. The van der Waals surface area contributed by atoms with Crippen LogP contribution in [0.2, 0.25) is 5.02 Å². The van der Waals surface area contributed by atoms with Gasteiger partial charge in [0.25, 0.3) is 5.69 Å². The Hall–Kier alpha value is -3.00. The number of carboxylic acid groups (broad SMARTS) is 1. The number of para-hydroxylation sites is 1. The van der Waals surface area contributed by atoms with Crippen LogP contribution in [0.15, 0.2) is 47.8 Å². The van der Waals surface area contributed by atoms with E-state index in [4.69, 9.17) is 16.7 Å². The Balaban J connectivity index is 2.67. The molecule has 2 aromatic rings. The molecule has 0 aromatic heterocycles. The average Bonchev–Trinajstić information content (AvgIpc) is 2.49. The maximum Gasteiger partial charge on any atom is 0.337 e. The highest BCUT2D eigenvalue weighted by molar-refractivity contribution is 6.31. The van der Waals surface area contributed by atoms with Gasteiger partial charge in [0.05, 0.1) is 21.5 Å². The van der Waals surface area contributed by atoms with Gasteiger partial charge >= 0.3 is 5.97 Å². The Bertz CT molecular complexity index is 765. The van der Waals surface area contributed by atoms with Gasteiger partial charge in [0, 0.05) is 11.1 Å². The van der Waals surface area contributed by atoms with Crippen LogP contribution in [0.1, 0.15) is 10.4 Å². The first-order chi connectivity index (χ1) is 10.5. The summed E-state index contributed by atoms with van der Waals surface area (Å²) in [6, 6.07) is 9.15. The van der Waals surface area contributed by atoms with Gasteiger partial charge in [0.15, 0.2) is 0 Å². The van der Waals surface area contributed by atoms with Gasteiger partial charge < -0.3 is 5.11 Å². The van der Waals surface area contributed by atoms with Crippen molar-refractivity contribution in [1.82, 2.24) is 0 Å². The number of nitro benzene ring substituents is 1. The summed E-state index contributed by atoms with van der Waals surface area (Å²) in [5.41, 5.74) is -0.952. The number of benzene rings is 2. The molecule has 0 spiro atoms. The van der Waals surface area contributed by atoms with Gasteiger partial charge in [-0.3, -0.25) is 10.1 Å². The Kier molecular flexibility index (Phi) is 4.33. The van der Waals surface area contributed by atoms with E-state index >= 15 is 0 Å². The molecule has 1 N–H and O–H groups in total. The van der Waals surface area contributed by atoms with Crippen LogP contribution in [-0.2, 0) is 0 Å². The van der Waals surface area contributed by atoms with Crippen LogP contribution in [0.3, 0.4) is 0 Å². The molecule has 22 heavy (non-hydrogen) atoms. The van der Waals surface area contributed by atoms with E-state index in [0.717, 1.165) is 6.07 Å². The minimum Gasteiger partial charge on any atom is -0.478 e. The summed E-state index contributed by atoms with van der Waals surface area (Å²) in [6.07, 6.45) is 0. The first-order valence-corrected chi connectivity index (χ1v) is 6.23. The smallest absolute Gasteiger partial charge is 0.337 e. The van der Waals surface area contributed by atoms with E-state index in [1.54, 1.807) is 0 Å². The third kappa shape index (κ3) is 2.86. The fourth-order valence-electron chi connectivity index (χ4n) is 1.88. The second kappa shape index (κ2) is 6.19. The van der Waals surface area contributed by atoms with Crippen molar-refractivity contribution in [2.75, 3.05) is 5.01 Å². The van der Waals surface area contributed by atoms with E-state index in [0.29, 0.717) is 5.01 Å². The highest BCUT2D eigenvalue weighted by Gasteiger charge is 2.25. The van der Waals surface area contributed by atoms with Crippen molar-refractivity contribution in [1.29, 1.82) is 0 Å². The number of carbonyl (C=O) groups is 1. The topological polar surface area (TPSA) is 113 Å². The molecule has 0 unspecified atom stereocenters. The van der Waals surface area contributed by atoms with Gasteiger partial charge in [-0.05, 0) is 24.3 Å². The van der Waals surface area contributed by atoms with Gasteiger partial charge in [0.2, 0.25) is 0 Å². The third-order valence-electron chi connectivity index (χ3n) is 2.81. The molecular weight excluding hydrogens is 314 g/mol. The molecule has 2 aromatic carbocycles. The van der Waals surface area contributed by atoms with Crippen LogP contribution in [0.5, 0.6) is 0 Å². The van der Waals surface area contributed by atoms with E-state index in [2.05, 4.69) is 5.29 Å². The molecular formula is C13H8ClN3O5. The molecule has 9 heteroatoms. The summed E-state index contributed by atoms with van der Waals surface area (Å²) < 4.78 is 0. The lowest BCUT2D eigenvalue weighted by Crippen LogP contribution is -2.14. The number of nitroso groups, excluding NO2 is 1. The monoisotopic (exact) mass is 321 g/mol. The maximum atomic E-state index is 11.2. The molecule has 0 aliphatic rings. The summed E-state index contributed by atoms with van der Waals surface area (Å²) in [5, 5.41) is 23.7. The molecule has 0 heterocycles. The van der Waals surface area contributed by atoms with Crippen molar-refractivity contribution < 1.29 is 14.8 Å². The van der Waals surface area contributed by atoms with Gasteiger partial charge in [0.1, 0.15) is 5.69 Å². The number of aromatic carboxylic acids is 1. The highest BCUT2D eigenvalue weighted by atomic mass is 35.5. The Morgan fingerprint density at radius 3 is 2.50 bits per heavy atom. The van der Waals surface area contributed by atoms with Crippen molar-refractivity contribution >= 4 is 34.6 Å². The van der Waals surface area contributed by atoms with Crippen molar-refractivity contribution in [3.63, 3.8) is 0 Å². The summed E-state index contributed by atoms with van der Waals surface area (Å²) in [4.78, 5) is 32.8. The van der Waals surface area contributed by atoms with Gasteiger partial charge in [-0.25, -0.2) is 4.79 Å². The zero-order chi connectivity index (χ0) is 16.3. The minimum absolute atomic E-state index is 0.0876. The summed E-state index contributed by atoms with van der Waals surface area (Å²) in [5.74, 6) is -1.29. The fraction of sp³-hybridized carbons (Fsp3) is 0. The molecule has 0 atom stereocenters. The SMILES string of the molecule is O=NN(c1ccccc1C(=O)O)c1ccc(Cl)cc1[N+](=O)[O-]. The standard InChI is InChI=1S/C13H8ClN3O5/c14-8-5-6-11(12(7-8)17(21)22)16(15-20)10-4-2-1-3-9(10)13(18)19/h1-7H,(H,18,19). The minimum atomic E-state index is -1.29. The molecule has 0 radical (unpaired) electrons. The van der Waals surface area contributed by atoms with Crippen LogP contribution in [0, 0.1) is 15.0 Å². The van der Waals surface area contributed by atoms with Gasteiger partial charge in [-0.15, -0.1) is 4.91 Å². The number of anilines is 2. The number of nitrogens with zero attached hydrogens (tertiary/aromatic N) is 3. The largest absolute Gasteiger partial charge is 0.478 e. The maximum absolute atomic E-state index is 11.2. The van der Waals surface area contributed by atoms with Crippen LogP contribution < -0.4 is 5.01 Å². The predicted molar refractivity (Wildman–Crippen MR) is 79.4 cm³/mol. The molecule has 0 saturated carbocycles. The lowest BCUT2D eigenvalue weighted by molar-refractivity contribution is -0.384. The van der Waals surface area contributed by atoms with E-state index in [9.17, 15) is 19.8 Å². The predicted octanol–water partition coefficient (Wildman–Crippen LogP) is 3.77. The van der Waals surface area contributed by atoms with Crippen molar-refractivity contribution in [2.45, 2.75) is 0 Å². The van der Waals surface area contributed by atoms with Crippen molar-refractivity contribution in [3.05, 3.63) is 68.1 Å². The number of hydrogen-bond donors (Lipinski definition) is 1. The second-order valence-electron chi connectivity index (χ2n) is 4.11. The third-order valence-corrected chi connectivity index (χ3v) is 3.04. The van der Waals surface area contributed by atoms with Gasteiger partial charge in [-0.1, -0.05) is 23.7 Å². The number of carboxylic acids is 1. The molecule has 0 bridgehead atoms. The lowest BCUT2D eigenvalue weighted by atomic mass is 10.1. The first kappa shape index (κ1) is 15.4. The number of rotatable bonds is 5. The first-order valence-electron chi connectivity index (χ1n) is 5.85. The molecule has 2 rings (SSSR count). The molecule has 0 fully saturated rings. The van der Waals surface area contributed by atoms with Crippen LogP contribution >= 0.6 is 11.6 Å². The van der Waals surface area contributed by atoms with E-state index < -0.39 is 16.6 Å². The van der Waals surface area contributed by atoms with Crippen LogP contribution in [0.25, 0.3) is 0 Å². The molecule has 0 saturated heterocycles.